The van der Waals surface area contributed by atoms with Crippen molar-refractivity contribution in [3.8, 4) is 5.69 Å². The number of fused-ring (bicyclic) bond motifs is 1. The number of benzene rings is 1. The number of hydrogen-bond acceptors (Lipinski definition) is 4. The molecule has 1 amide bonds. The van der Waals surface area contributed by atoms with Crippen LogP contribution in [0, 0.1) is 13.8 Å². The summed E-state index contributed by atoms with van der Waals surface area (Å²) in [6, 6.07) is 7.55. The molecule has 7 heteroatoms. The predicted octanol–water partition coefficient (Wildman–Crippen LogP) is 2.60. The Labute approximate surface area is 145 Å². The Morgan fingerprint density at radius 2 is 2.00 bits per heavy atom. The number of carbonyl (C=O) groups is 1. The van der Waals surface area contributed by atoms with Gasteiger partial charge in [-0.25, -0.2) is 4.98 Å². The number of nitrogens with zero attached hydrogens (tertiary/aromatic N) is 5. The molecule has 1 N–H and O–H groups in total. The monoisotopic (exact) mass is 336 g/mol. The zero-order valence-corrected chi connectivity index (χ0v) is 14.3. The second-order valence-corrected chi connectivity index (χ2v) is 6.38. The number of carbonyl (C=O) groups excluding carboxylic acids is 1. The number of rotatable bonds is 3. The molecule has 3 heterocycles. The van der Waals surface area contributed by atoms with E-state index in [1.165, 1.54) is 0 Å². The van der Waals surface area contributed by atoms with E-state index in [1.807, 2.05) is 53.6 Å². The fourth-order valence-corrected chi connectivity index (χ4v) is 3.25. The molecular weight excluding hydrogens is 316 g/mol. The van der Waals surface area contributed by atoms with E-state index in [9.17, 15) is 4.79 Å². The molecule has 4 rings (SSSR count). The first-order valence-electron chi connectivity index (χ1n) is 8.43. The van der Waals surface area contributed by atoms with Crippen molar-refractivity contribution in [2.24, 2.45) is 0 Å². The Hall–Kier alpha value is -2.96. The maximum Gasteiger partial charge on any atom is 0.247 e. The van der Waals surface area contributed by atoms with Gasteiger partial charge in [0.1, 0.15) is 18.2 Å². The van der Waals surface area contributed by atoms with Crippen LogP contribution >= 0.6 is 0 Å². The third-order valence-corrected chi connectivity index (χ3v) is 4.83. The fraction of sp³-hybridized carbons (Fsp3) is 0.333. The standard InChI is InChI=1S/C18H20N6O/c1-12-13(2)23(10-19-12)15-8-6-14(7-9-15)21-18(25)16-4-3-5-17-22-20-11-24(16)17/h6-11,16H,3-5H2,1-2H3,(H,21,25). The molecule has 128 valence electrons. The van der Waals surface area contributed by atoms with E-state index in [1.54, 1.807) is 6.33 Å². The van der Waals surface area contributed by atoms with Gasteiger partial charge in [-0.05, 0) is 51.0 Å². The minimum Gasteiger partial charge on any atom is -0.324 e. The van der Waals surface area contributed by atoms with Crippen molar-refractivity contribution < 1.29 is 4.79 Å². The van der Waals surface area contributed by atoms with Gasteiger partial charge in [0.05, 0.1) is 12.0 Å². The normalized spacial score (nSPS) is 16.5. The Kier molecular flexibility index (Phi) is 3.83. The third-order valence-electron chi connectivity index (χ3n) is 4.83. The minimum absolute atomic E-state index is 0.0249. The number of anilines is 1. The van der Waals surface area contributed by atoms with Gasteiger partial charge in [-0.2, -0.15) is 0 Å². The van der Waals surface area contributed by atoms with E-state index in [0.717, 1.165) is 47.8 Å². The Morgan fingerprint density at radius 1 is 1.20 bits per heavy atom. The van der Waals surface area contributed by atoms with E-state index < -0.39 is 0 Å². The largest absolute Gasteiger partial charge is 0.324 e. The Balaban J connectivity index is 1.50. The Morgan fingerprint density at radius 3 is 2.72 bits per heavy atom. The van der Waals surface area contributed by atoms with Crippen LogP contribution in [0.3, 0.4) is 0 Å². The summed E-state index contributed by atoms with van der Waals surface area (Å²) < 4.78 is 3.91. The highest BCUT2D eigenvalue weighted by atomic mass is 16.2. The summed E-state index contributed by atoms with van der Waals surface area (Å²) in [6.45, 7) is 4.03. The SMILES string of the molecule is Cc1ncn(-c2ccc(NC(=O)C3CCCc4nncn43)cc2)c1C. The predicted molar refractivity (Wildman–Crippen MR) is 93.7 cm³/mol. The molecule has 0 saturated carbocycles. The van der Waals surface area contributed by atoms with Crippen LogP contribution < -0.4 is 5.32 Å². The van der Waals surface area contributed by atoms with Gasteiger partial charge in [-0.3, -0.25) is 4.79 Å². The first-order valence-corrected chi connectivity index (χ1v) is 8.43. The van der Waals surface area contributed by atoms with Gasteiger partial charge in [-0.1, -0.05) is 0 Å². The maximum atomic E-state index is 12.6. The summed E-state index contributed by atoms with van der Waals surface area (Å²) in [7, 11) is 0. The lowest BCUT2D eigenvalue weighted by atomic mass is 10.0. The first-order chi connectivity index (χ1) is 12.1. The van der Waals surface area contributed by atoms with Gasteiger partial charge in [0.25, 0.3) is 0 Å². The molecule has 2 aromatic heterocycles. The Bertz CT molecular complexity index is 908. The highest BCUT2D eigenvalue weighted by molar-refractivity contribution is 5.93. The van der Waals surface area contributed by atoms with Gasteiger partial charge in [0.2, 0.25) is 5.91 Å². The second-order valence-electron chi connectivity index (χ2n) is 6.38. The smallest absolute Gasteiger partial charge is 0.247 e. The van der Waals surface area contributed by atoms with Crippen molar-refractivity contribution in [3.63, 3.8) is 0 Å². The van der Waals surface area contributed by atoms with Gasteiger partial charge in [0, 0.05) is 23.5 Å². The molecule has 0 spiro atoms. The van der Waals surface area contributed by atoms with Gasteiger partial charge in [0.15, 0.2) is 0 Å². The van der Waals surface area contributed by atoms with Gasteiger partial charge in [-0.15, -0.1) is 10.2 Å². The number of aryl methyl sites for hydroxylation is 2. The number of aromatic nitrogens is 5. The molecule has 1 aliphatic heterocycles. The summed E-state index contributed by atoms with van der Waals surface area (Å²) in [4.78, 5) is 17.0. The number of hydrogen-bond donors (Lipinski definition) is 1. The van der Waals surface area contributed by atoms with Crippen LogP contribution in [0.4, 0.5) is 5.69 Å². The van der Waals surface area contributed by atoms with Crippen molar-refractivity contribution in [2.45, 2.75) is 39.2 Å². The molecule has 1 aliphatic rings. The van der Waals surface area contributed by atoms with Crippen LogP contribution in [0.2, 0.25) is 0 Å². The van der Waals surface area contributed by atoms with Crippen LogP contribution in [0.25, 0.3) is 5.69 Å². The topological polar surface area (TPSA) is 77.6 Å². The van der Waals surface area contributed by atoms with Crippen LogP contribution in [0.5, 0.6) is 0 Å². The third kappa shape index (κ3) is 2.82. The van der Waals surface area contributed by atoms with Crippen molar-refractivity contribution >= 4 is 11.6 Å². The van der Waals surface area contributed by atoms with E-state index >= 15 is 0 Å². The average molecular weight is 336 g/mol. The summed E-state index contributed by atoms with van der Waals surface area (Å²) in [5.41, 5.74) is 3.93. The molecule has 7 nitrogen and oxygen atoms in total. The van der Waals surface area contributed by atoms with Crippen molar-refractivity contribution in [1.29, 1.82) is 0 Å². The molecule has 0 radical (unpaired) electrons. The second kappa shape index (κ2) is 6.16. The summed E-state index contributed by atoms with van der Waals surface area (Å²) in [6.07, 6.45) is 6.10. The van der Waals surface area contributed by atoms with Crippen LogP contribution in [0.1, 0.15) is 36.1 Å². The zero-order chi connectivity index (χ0) is 17.4. The number of nitrogens with one attached hydrogen (secondary N) is 1. The number of imidazole rings is 1. The van der Waals surface area contributed by atoms with E-state index in [4.69, 9.17) is 0 Å². The van der Waals surface area contributed by atoms with Crippen LogP contribution in [-0.2, 0) is 11.2 Å². The molecule has 0 aliphatic carbocycles. The highest BCUT2D eigenvalue weighted by Crippen LogP contribution is 2.25. The number of amides is 1. The molecule has 1 aromatic carbocycles. The van der Waals surface area contributed by atoms with Crippen molar-refractivity contribution in [3.05, 3.63) is 54.1 Å². The van der Waals surface area contributed by atoms with E-state index in [0.29, 0.717) is 0 Å². The lowest BCUT2D eigenvalue weighted by Gasteiger charge is -2.23. The highest BCUT2D eigenvalue weighted by Gasteiger charge is 2.26. The quantitative estimate of drug-likeness (QED) is 0.797. The van der Waals surface area contributed by atoms with Gasteiger partial charge >= 0.3 is 0 Å². The molecule has 25 heavy (non-hydrogen) atoms. The molecular formula is C18H20N6O. The fourth-order valence-electron chi connectivity index (χ4n) is 3.25. The first kappa shape index (κ1) is 15.6. The van der Waals surface area contributed by atoms with E-state index in [-0.39, 0.29) is 11.9 Å². The molecule has 1 unspecified atom stereocenters. The molecule has 0 bridgehead atoms. The summed E-state index contributed by atoms with van der Waals surface area (Å²) in [5, 5.41) is 11.0. The van der Waals surface area contributed by atoms with Gasteiger partial charge < -0.3 is 14.5 Å². The molecule has 0 fully saturated rings. The zero-order valence-electron chi connectivity index (χ0n) is 14.3. The van der Waals surface area contributed by atoms with Crippen LogP contribution in [-0.4, -0.2) is 30.2 Å². The molecule has 3 aromatic rings. The average Bonchev–Trinajstić information content (AvgIpc) is 3.23. The molecule has 1 atom stereocenters. The minimum atomic E-state index is -0.239. The summed E-state index contributed by atoms with van der Waals surface area (Å²) >= 11 is 0. The summed E-state index contributed by atoms with van der Waals surface area (Å²) in [5.74, 6) is 0.857. The van der Waals surface area contributed by atoms with Crippen LogP contribution in [0.15, 0.2) is 36.9 Å². The maximum absolute atomic E-state index is 12.6. The lowest BCUT2D eigenvalue weighted by molar-refractivity contribution is -0.119. The molecule has 0 saturated heterocycles. The van der Waals surface area contributed by atoms with Crippen molar-refractivity contribution in [2.75, 3.05) is 5.32 Å². The van der Waals surface area contributed by atoms with Crippen molar-refractivity contribution in [1.82, 2.24) is 24.3 Å². The lowest BCUT2D eigenvalue weighted by Crippen LogP contribution is -2.29. The van der Waals surface area contributed by atoms with E-state index in [2.05, 4.69) is 20.5 Å².